The highest BCUT2D eigenvalue weighted by molar-refractivity contribution is 7.22. The lowest BCUT2D eigenvalue weighted by Crippen LogP contribution is -2.35. The van der Waals surface area contributed by atoms with Crippen LogP contribution in [0.5, 0.6) is 0 Å². The molecular weight excluding hydrogens is 488 g/mol. The van der Waals surface area contributed by atoms with Crippen molar-refractivity contribution in [3.8, 4) is 21.7 Å². The summed E-state index contributed by atoms with van der Waals surface area (Å²) in [6, 6.07) is 7.15. The average Bonchev–Trinajstić information content (AvgIpc) is 3.54. The number of thiophene rings is 1. The number of thiazole rings is 1. The molecule has 0 fully saturated rings. The van der Waals surface area contributed by atoms with Gasteiger partial charge in [0.1, 0.15) is 10.8 Å². The number of unbranched alkanes of at least 4 members (excludes halogenated alkanes) is 2. The second-order valence-corrected chi connectivity index (χ2v) is 12.0. The van der Waals surface area contributed by atoms with Crippen LogP contribution in [0, 0.1) is 0 Å². The number of aromatic nitrogens is 3. The minimum atomic E-state index is 0.289. The first-order chi connectivity index (χ1) is 17.4. The lowest BCUT2D eigenvalue weighted by atomic mass is 9.94. The Hall–Kier alpha value is -2.39. The Bertz CT molecular complexity index is 1370. The van der Waals surface area contributed by atoms with Crippen LogP contribution in [0.3, 0.4) is 0 Å². The molecular formula is C28H34N4O2S2. The summed E-state index contributed by atoms with van der Waals surface area (Å²) in [4.78, 5) is 20.7. The van der Waals surface area contributed by atoms with Crippen molar-refractivity contribution in [1.82, 2.24) is 20.1 Å². The van der Waals surface area contributed by atoms with E-state index in [0.29, 0.717) is 24.7 Å². The number of ether oxygens (including phenoxy) is 1. The smallest absolute Gasteiger partial charge is 0.138 e. The van der Waals surface area contributed by atoms with Gasteiger partial charge in [-0.25, -0.2) is 4.98 Å². The summed E-state index contributed by atoms with van der Waals surface area (Å²) in [7, 11) is 3.66. The van der Waals surface area contributed by atoms with E-state index >= 15 is 0 Å². The maximum Gasteiger partial charge on any atom is 0.138 e. The molecule has 0 radical (unpaired) electrons. The van der Waals surface area contributed by atoms with Crippen molar-refractivity contribution in [2.45, 2.75) is 64.5 Å². The number of benzene rings is 1. The lowest BCUT2D eigenvalue weighted by molar-refractivity contribution is -0.118. The third-order valence-electron chi connectivity index (χ3n) is 6.85. The van der Waals surface area contributed by atoms with Crippen LogP contribution in [-0.4, -0.2) is 40.3 Å². The molecule has 4 heterocycles. The summed E-state index contributed by atoms with van der Waals surface area (Å²) in [5.74, 6) is 0.320. The van der Waals surface area contributed by atoms with Crippen molar-refractivity contribution < 1.29 is 9.53 Å². The molecule has 0 saturated carbocycles. The van der Waals surface area contributed by atoms with Crippen LogP contribution in [0.2, 0.25) is 0 Å². The first kappa shape index (κ1) is 25.3. The molecule has 0 spiro atoms. The van der Waals surface area contributed by atoms with Crippen LogP contribution >= 0.6 is 22.7 Å². The summed E-state index contributed by atoms with van der Waals surface area (Å²) in [6.07, 6.45) is 8.97. The molecule has 0 unspecified atom stereocenters. The fraction of sp³-hybridized carbons (Fsp3) is 0.464. The van der Waals surface area contributed by atoms with Crippen LogP contribution in [0.1, 0.15) is 60.9 Å². The Morgan fingerprint density at radius 3 is 2.83 bits per heavy atom. The average molecular weight is 523 g/mol. The van der Waals surface area contributed by atoms with Gasteiger partial charge in [0.2, 0.25) is 0 Å². The zero-order chi connectivity index (χ0) is 25.2. The van der Waals surface area contributed by atoms with Gasteiger partial charge in [0.05, 0.1) is 16.4 Å². The van der Waals surface area contributed by atoms with Gasteiger partial charge in [0, 0.05) is 72.8 Å². The third kappa shape index (κ3) is 5.32. The minimum absolute atomic E-state index is 0.289. The highest BCUT2D eigenvalue weighted by atomic mass is 32.1. The SMILES string of the molecule is COCCCCCC(=O)Cc1sc2c(c1-c1nc3cc(-c4cnn(C)c4)ccc3s1)C[C@@H](C)N[C@@H]2C. The highest BCUT2D eigenvalue weighted by Crippen LogP contribution is 2.45. The van der Waals surface area contributed by atoms with Crippen LogP contribution in [0.15, 0.2) is 30.6 Å². The fourth-order valence-electron chi connectivity index (χ4n) is 5.13. The number of fused-ring (bicyclic) bond motifs is 2. The number of aryl methyl sites for hydroxylation is 1. The monoisotopic (exact) mass is 522 g/mol. The molecule has 1 aromatic carbocycles. The summed E-state index contributed by atoms with van der Waals surface area (Å²) >= 11 is 3.54. The van der Waals surface area contributed by atoms with Gasteiger partial charge in [-0.3, -0.25) is 9.48 Å². The quantitative estimate of drug-likeness (QED) is 0.246. The van der Waals surface area contributed by atoms with Gasteiger partial charge in [-0.05, 0) is 56.4 Å². The maximum absolute atomic E-state index is 13.0. The number of carbonyl (C=O) groups is 1. The highest BCUT2D eigenvalue weighted by Gasteiger charge is 2.30. The van der Waals surface area contributed by atoms with E-state index in [1.165, 1.54) is 25.6 Å². The molecule has 8 heteroatoms. The van der Waals surface area contributed by atoms with E-state index in [0.717, 1.165) is 53.9 Å². The van der Waals surface area contributed by atoms with E-state index in [4.69, 9.17) is 9.72 Å². The van der Waals surface area contributed by atoms with Crippen molar-refractivity contribution >= 4 is 38.7 Å². The predicted molar refractivity (Wildman–Crippen MR) is 149 cm³/mol. The van der Waals surface area contributed by atoms with Gasteiger partial charge < -0.3 is 10.1 Å². The zero-order valence-corrected chi connectivity index (χ0v) is 23.1. The predicted octanol–water partition coefficient (Wildman–Crippen LogP) is 6.34. The van der Waals surface area contributed by atoms with Gasteiger partial charge in [-0.15, -0.1) is 22.7 Å². The van der Waals surface area contributed by atoms with Crippen molar-refractivity contribution in [2.75, 3.05) is 13.7 Å². The molecule has 2 atom stereocenters. The van der Waals surface area contributed by atoms with Gasteiger partial charge in [-0.2, -0.15) is 5.10 Å². The first-order valence-corrected chi connectivity index (χ1v) is 14.4. The van der Waals surface area contributed by atoms with E-state index in [-0.39, 0.29) is 6.04 Å². The molecule has 5 rings (SSSR count). The second kappa shape index (κ2) is 10.9. The number of carbonyl (C=O) groups excluding carboxylic acids is 1. The number of hydrogen-bond acceptors (Lipinski definition) is 7. The number of Topliss-reactive ketones (excluding diaryl/α,β-unsaturated/α-hetero) is 1. The number of rotatable bonds is 10. The zero-order valence-electron chi connectivity index (χ0n) is 21.5. The Balaban J connectivity index is 1.47. The second-order valence-electron chi connectivity index (χ2n) is 9.86. The minimum Gasteiger partial charge on any atom is -0.385 e. The van der Waals surface area contributed by atoms with E-state index in [1.807, 2.05) is 35.5 Å². The molecule has 0 aliphatic carbocycles. The molecule has 1 aliphatic rings. The van der Waals surface area contributed by atoms with Gasteiger partial charge in [0.25, 0.3) is 0 Å². The third-order valence-corrected chi connectivity index (χ3v) is 9.32. The summed E-state index contributed by atoms with van der Waals surface area (Å²) < 4.78 is 8.12. The number of methoxy groups -OCH3 is 1. The van der Waals surface area contributed by atoms with Crippen molar-refractivity contribution in [2.24, 2.45) is 7.05 Å². The molecule has 0 saturated heterocycles. The number of ketones is 1. The Labute approximate surface area is 220 Å². The molecule has 4 aromatic rings. The van der Waals surface area contributed by atoms with Crippen LogP contribution in [0.25, 0.3) is 31.9 Å². The standard InChI is InChI=1S/C28H34N4O2S2/c1-17-12-22-26(25(35-27(22)18(2)30-17)14-21(33)8-6-5-7-11-34-4)28-31-23-13-19(9-10-24(23)36-28)20-15-29-32(3)16-20/h9-10,13,15-18,30H,5-8,11-12,14H2,1-4H3/t17-,18-/m1/s1. The van der Waals surface area contributed by atoms with Crippen LogP contribution in [-0.2, 0) is 29.4 Å². The molecule has 6 nitrogen and oxygen atoms in total. The normalized spacial score (nSPS) is 17.6. The van der Waals surface area contributed by atoms with E-state index in [1.54, 1.807) is 18.4 Å². The van der Waals surface area contributed by atoms with Gasteiger partial charge in [0.15, 0.2) is 0 Å². The van der Waals surface area contributed by atoms with Crippen molar-refractivity contribution in [1.29, 1.82) is 0 Å². The number of hydrogen-bond donors (Lipinski definition) is 1. The fourth-order valence-corrected chi connectivity index (χ4v) is 7.61. The number of nitrogens with zero attached hydrogens (tertiary/aromatic N) is 3. The maximum atomic E-state index is 13.0. The van der Waals surface area contributed by atoms with Gasteiger partial charge in [-0.1, -0.05) is 12.5 Å². The molecule has 190 valence electrons. The van der Waals surface area contributed by atoms with E-state index in [2.05, 4.69) is 42.5 Å². The largest absolute Gasteiger partial charge is 0.385 e. The van der Waals surface area contributed by atoms with Crippen molar-refractivity contribution in [3.05, 3.63) is 45.9 Å². The van der Waals surface area contributed by atoms with Crippen LogP contribution < -0.4 is 5.32 Å². The molecule has 0 bridgehead atoms. The van der Waals surface area contributed by atoms with E-state index in [9.17, 15) is 4.79 Å². The topological polar surface area (TPSA) is 69.0 Å². The van der Waals surface area contributed by atoms with Crippen LogP contribution in [0.4, 0.5) is 0 Å². The molecule has 3 aromatic heterocycles. The molecule has 1 aliphatic heterocycles. The first-order valence-electron chi connectivity index (χ1n) is 12.7. The molecule has 1 N–H and O–H groups in total. The number of nitrogens with one attached hydrogen (secondary N) is 1. The molecule has 36 heavy (non-hydrogen) atoms. The Morgan fingerprint density at radius 1 is 1.19 bits per heavy atom. The Kier molecular flexibility index (Phi) is 7.67. The summed E-state index contributed by atoms with van der Waals surface area (Å²) in [6.45, 7) is 5.23. The van der Waals surface area contributed by atoms with E-state index < -0.39 is 0 Å². The van der Waals surface area contributed by atoms with Gasteiger partial charge >= 0.3 is 0 Å². The summed E-state index contributed by atoms with van der Waals surface area (Å²) in [5.41, 5.74) is 5.81. The lowest BCUT2D eigenvalue weighted by Gasteiger charge is -2.26. The van der Waals surface area contributed by atoms with Crippen molar-refractivity contribution in [3.63, 3.8) is 0 Å². The Morgan fingerprint density at radius 2 is 2.06 bits per heavy atom. The molecule has 0 amide bonds. The summed E-state index contributed by atoms with van der Waals surface area (Å²) in [5, 5.41) is 9.03.